The summed E-state index contributed by atoms with van der Waals surface area (Å²) in [4.78, 5) is 17.8. The quantitative estimate of drug-likeness (QED) is 0.775. The molecule has 0 fully saturated rings. The molecule has 0 radical (unpaired) electrons. The van der Waals surface area contributed by atoms with Gasteiger partial charge < -0.3 is 5.11 Å². The summed E-state index contributed by atoms with van der Waals surface area (Å²) >= 11 is 0. The van der Waals surface area contributed by atoms with Crippen LogP contribution in [0.5, 0.6) is 0 Å². The summed E-state index contributed by atoms with van der Waals surface area (Å²) < 4.78 is 22.1. The molecule has 0 spiro atoms. The minimum absolute atomic E-state index is 0.0292. The molecule has 0 atom stereocenters. The number of hydrogen-bond acceptors (Lipinski definition) is 5. The molecule has 1 N–H and O–H groups in total. The van der Waals surface area contributed by atoms with Crippen LogP contribution in [0, 0.1) is 0 Å². The largest absolute Gasteiger partial charge is 0.481 e. The summed E-state index contributed by atoms with van der Waals surface area (Å²) in [6.45, 7) is 0. The Morgan fingerprint density at radius 2 is 1.93 bits per heavy atom. The van der Waals surface area contributed by atoms with Gasteiger partial charge in [0, 0.05) is 25.1 Å². The van der Waals surface area contributed by atoms with E-state index in [4.69, 9.17) is 5.11 Å². The molecule has 0 unspecified atom stereocenters. The number of carboxylic acid groups (broad SMARTS) is 1. The van der Waals surface area contributed by atoms with Crippen molar-refractivity contribution in [2.24, 2.45) is 0 Å². The standard InChI is InChI=1S/C8H10N2O4S/c1-15(13,14)6-4-9-7(10-5-6)2-3-8(11)12/h4-5H,2-3H2,1H3,(H,11,12). The Morgan fingerprint density at radius 1 is 1.40 bits per heavy atom. The first kappa shape index (κ1) is 11.6. The molecular formula is C8H10N2O4S. The Balaban J connectivity index is 2.77. The summed E-state index contributed by atoms with van der Waals surface area (Å²) in [5, 5.41) is 8.41. The lowest BCUT2D eigenvalue weighted by Gasteiger charge is -1.99. The predicted octanol–water partition coefficient (Wildman–Crippen LogP) is -0.103. The van der Waals surface area contributed by atoms with Crippen LogP contribution >= 0.6 is 0 Å². The lowest BCUT2D eigenvalue weighted by atomic mass is 10.3. The van der Waals surface area contributed by atoms with Crippen molar-refractivity contribution in [1.82, 2.24) is 9.97 Å². The van der Waals surface area contributed by atoms with E-state index in [0.29, 0.717) is 5.82 Å². The molecule has 7 heteroatoms. The van der Waals surface area contributed by atoms with Gasteiger partial charge in [-0.2, -0.15) is 0 Å². The van der Waals surface area contributed by atoms with E-state index in [2.05, 4.69) is 9.97 Å². The van der Waals surface area contributed by atoms with Gasteiger partial charge in [-0.1, -0.05) is 0 Å². The van der Waals surface area contributed by atoms with Gasteiger partial charge in [-0.25, -0.2) is 18.4 Å². The Bertz CT molecular complexity index is 452. The molecule has 0 amide bonds. The second-order valence-electron chi connectivity index (χ2n) is 3.00. The third kappa shape index (κ3) is 3.62. The number of aromatic nitrogens is 2. The molecule has 1 rings (SSSR count). The molecule has 0 aliphatic heterocycles. The molecule has 1 aromatic heterocycles. The fourth-order valence-corrected chi connectivity index (χ4v) is 1.37. The van der Waals surface area contributed by atoms with Crippen molar-refractivity contribution in [2.45, 2.75) is 17.7 Å². The topological polar surface area (TPSA) is 97.2 Å². The van der Waals surface area contributed by atoms with Crippen molar-refractivity contribution < 1.29 is 18.3 Å². The van der Waals surface area contributed by atoms with E-state index >= 15 is 0 Å². The van der Waals surface area contributed by atoms with Crippen LogP contribution < -0.4 is 0 Å². The first-order chi connectivity index (χ1) is 6.89. The van der Waals surface area contributed by atoms with E-state index in [9.17, 15) is 13.2 Å². The van der Waals surface area contributed by atoms with E-state index < -0.39 is 15.8 Å². The van der Waals surface area contributed by atoms with Crippen LogP contribution in [0.4, 0.5) is 0 Å². The van der Waals surface area contributed by atoms with Gasteiger partial charge in [0.15, 0.2) is 9.84 Å². The summed E-state index contributed by atoms with van der Waals surface area (Å²) in [6, 6.07) is 0. The predicted molar refractivity (Wildman–Crippen MR) is 51.1 cm³/mol. The first-order valence-electron chi connectivity index (χ1n) is 4.12. The Morgan fingerprint density at radius 3 is 2.33 bits per heavy atom. The third-order valence-electron chi connectivity index (χ3n) is 1.67. The second kappa shape index (κ2) is 4.35. The average molecular weight is 230 g/mol. The van der Waals surface area contributed by atoms with Crippen LogP contribution in [-0.4, -0.2) is 35.7 Å². The number of carboxylic acids is 1. The van der Waals surface area contributed by atoms with Crippen molar-refractivity contribution in [3.05, 3.63) is 18.2 Å². The molecular weight excluding hydrogens is 220 g/mol. The van der Waals surface area contributed by atoms with Crippen LogP contribution in [0.2, 0.25) is 0 Å². The number of rotatable bonds is 4. The summed E-state index contributed by atoms with van der Waals surface area (Å²) in [5.74, 6) is -0.615. The number of carbonyl (C=O) groups is 1. The Labute approximate surface area is 86.9 Å². The summed E-state index contributed by atoms with van der Waals surface area (Å²) in [6.07, 6.45) is 3.54. The third-order valence-corrected chi connectivity index (χ3v) is 2.74. The number of nitrogens with zero attached hydrogens (tertiary/aromatic N) is 2. The molecule has 0 bridgehead atoms. The average Bonchev–Trinajstić information content (AvgIpc) is 2.14. The summed E-state index contributed by atoms with van der Waals surface area (Å²) in [7, 11) is -3.29. The van der Waals surface area contributed by atoms with Gasteiger partial charge in [0.05, 0.1) is 6.42 Å². The zero-order chi connectivity index (χ0) is 11.5. The van der Waals surface area contributed by atoms with Gasteiger partial charge in [0.1, 0.15) is 10.7 Å². The maximum Gasteiger partial charge on any atom is 0.303 e. The second-order valence-corrected chi connectivity index (χ2v) is 5.02. The van der Waals surface area contributed by atoms with Gasteiger partial charge in [-0.15, -0.1) is 0 Å². The SMILES string of the molecule is CS(=O)(=O)c1cnc(CCC(=O)O)nc1. The van der Waals surface area contributed by atoms with Gasteiger partial charge in [-0.3, -0.25) is 4.79 Å². The maximum atomic E-state index is 11.0. The lowest BCUT2D eigenvalue weighted by molar-refractivity contribution is -0.137. The molecule has 0 aliphatic rings. The molecule has 15 heavy (non-hydrogen) atoms. The van der Waals surface area contributed by atoms with Crippen LogP contribution in [0.25, 0.3) is 0 Å². The fraction of sp³-hybridized carbons (Fsp3) is 0.375. The van der Waals surface area contributed by atoms with Crippen molar-refractivity contribution >= 4 is 15.8 Å². The molecule has 0 saturated heterocycles. The fourth-order valence-electron chi connectivity index (χ4n) is 0.882. The number of sulfone groups is 1. The molecule has 1 aromatic rings. The van der Waals surface area contributed by atoms with Crippen molar-refractivity contribution in [3.63, 3.8) is 0 Å². The number of hydrogen-bond donors (Lipinski definition) is 1. The maximum absolute atomic E-state index is 11.0. The molecule has 0 aliphatic carbocycles. The van der Waals surface area contributed by atoms with Gasteiger partial charge in [0.2, 0.25) is 0 Å². The summed E-state index contributed by atoms with van der Waals surface area (Å²) in [5.41, 5.74) is 0. The van der Waals surface area contributed by atoms with Crippen molar-refractivity contribution in [2.75, 3.05) is 6.26 Å². The van der Waals surface area contributed by atoms with Crippen LogP contribution in [-0.2, 0) is 21.1 Å². The van der Waals surface area contributed by atoms with E-state index in [-0.39, 0.29) is 17.7 Å². The van der Waals surface area contributed by atoms with Crippen molar-refractivity contribution in [1.29, 1.82) is 0 Å². The van der Waals surface area contributed by atoms with Crippen molar-refractivity contribution in [3.8, 4) is 0 Å². The van der Waals surface area contributed by atoms with E-state index in [1.165, 1.54) is 12.4 Å². The van der Waals surface area contributed by atoms with Gasteiger partial charge in [-0.05, 0) is 0 Å². The van der Waals surface area contributed by atoms with E-state index in [1.807, 2.05) is 0 Å². The molecule has 82 valence electrons. The zero-order valence-corrected chi connectivity index (χ0v) is 8.86. The normalized spacial score (nSPS) is 11.3. The van der Waals surface area contributed by atoms with E-state index in [1.54, 1.807) is 0 Å². The molecule has 0 saturated carbocycles. The highest BCUT2D eigenvalue weighted by Crippen LogP contribution is 2.05. The van der Waals surface area contributed by atoms with E-state index in [0.717, 1.165) is 6.26 Å². The Kier molecular flexibility index (Phi) is 3.35. The number of aryl methyl sites for hydroxylation is 1. The molecule has 6 nitrogen and oxygen atoms in total. The molecule has 1 heterocycles. The van der Waals surface area contributed by atoms with Gasteiger partial charge >= 0.3 is 5.97 Å². The number of aliphatic carboxylic acids is 1. The van der Waals surface area contributed by atoms with Crippen LogP contribution in [0.15, 0.2) is 17.3 Å². The molecule has 0 aromatic carbocycles. The Hall–Kier alpha value is -1.50. The van der Waals surface area contributed by atoms with Crippen LogP contribution in [0.1, 0.15) is 12.2 Å². The smallest absolute Gasteiger partial charge is 0.303 e. The monoisotopic (exact) mass is 230 g/mol. The zero-order valence-electron chi connectivity index (χ0n) is 8.04. The van der Waals surface area contributed by atoms with Crippen LogP contribution in [0.3, 0.4) is 0 Å². The highest BCUT2D eigenvalue weighted by Gasteiger charge is 2.08. The minimum atomic E-state index is -3.29. The lowest BCUT2D eigenvalue weighted by Crippen LogP contribution is -2.04. The van der Waals surface area contributed by atoms with Gasteiger partial charge in [0.25, 0.3) is 0 Å². The minimum Gasteiger partial charge on any atom is -0.481 e. The highest BCUT2D eigenvalue weighted by molar-refractivity contribution is 7.90. The first-order valence-corrected chi connectivity index (χ1v) is 6.01. The highest BCUT2D eigenvalue weighted by atomic mass is 32.2.